The van der Waals surface area contributed by atoms with Crippen molar-refractivity contribution >= 4 is 31.9 Å². The number of carbonyl (C=O) groups is 1. The summed E-state index contributed by atoms with van der Waals surface area (Å²) in [5, 5.41) is 2.84. The predicted octanol–water partition coefficient (Wildman–Crippen LogP) is 3.38. The molecule has 0 fully saturated rings. The van der Waals surface area contributed by atoms with Gasteiger partial charge in [0.15, 0.2) is 0 Å². The number of amides is 1. The third-order valence-corrected chi connectivity index (χ3v) is 6.54. The van der Waals surface area contributed by atoms with Crippen LogP contribution in [-0.4, -0.2) is 38.8 Å². The SMILES string of the molecule is CCC(CNC(=O)CN(C)S(=O)(=O)c1ccc(Br)cc1)c1ccccc1. The lowest BCUT2D eigenvalue weighted by atomic mass is 9.96. The summed E-state index contributed by atoms with van der Waals surface area (Å²) in [5.74, 6) is -0.115. The van der Waals surface area contributed by atoms with Crippen LogP contribution in [0.3, 0.4) is 0 Å². The van der Waals surface area contributed by atoms with Gasteiger partial charge in [-0.2, -0.15) is 4.31 Å². The Bertz CT molecular complexity index is 824. The lowest BCUT2D eigenvalue weighted by molar-refractivity contribution is -0.121. The smallest absolute Gasteiger partial charge is 0.243 e. The Kier molecular flexibility index (Phi) is 7.37. The Hall–Kier alpha value is -1.70. The molecule has 7 heteroatoms. The van der Waals surface area contributed by atoms with E-state index in [9.17, 15) is 13.2 Å². The lowest BCUT2D eigenvalue weighted by Crippen LogP contribution is -2.39. The summed E-state index contributed by atoms with van der Waals surface area (Å²) in [6.45, 7) is 2.32. The molecule has 2 aromatic carbocycles. The first-order chi connectivity index (χ1) is 12.3. The van der Waals surface area contributed by atoms with Crippen molar-refractivity contribution in [2.45, 2.75) is 24.2 Å². The van der Waals surface area contributed by atoms with Crippen molar-refractivity contribution in [3.05, 3.63) is 64.6 Å². The van der Waals surface area contributed by atoms with Crippen LogP contribution in [0.25, 0.3) is 0 Å². The van der Waals surface area contributed by atoms with Crippen LogP contribution in [0, 0.1) is 0 Å². The van der Waals surface area contributed by atoms with Crippen molar-refractivity contribution in [3.8, 4) is 0 Å². The van der Waals surface area contributed by atoms with Crippen LogP contribution in [0.5, 0.6) is 0 Å². The summed E-state index contributed by atoms with van der Waals surface area (Å²) in [4.78, 5) is 12.4. The second kappa shape index (κ2) is 9.30. The lowest BCUT2D eigenvalue weighted by Gasteiger charge is -2.19. The molecule has 0 heterocycles. The van der Waals surface area contributed by atoms with E-state index in [0.717, 1.165) is 20.8 Å². The van der Waals surface area contributed by atoms with Crippen LogP contribution in [0.2, 0.25) is 0 Å². The second-order valence-corrected chi connectivity index (χ2v) is 9.00. The fraction of sp³-hybridized carbons (Fsp3) is 0.316. The molecule has 0 radical (unpaired) electrons. The number of benzene rings is 2. The maximum atomic E-state index is 12.5. The van der Waals surface area contributed by atoms with Gasteiger partial charge in [-0.1, -0.05) is 53.2 Å². The highest BCUT2D eigenvalue weighted by atomic mass is 79.9. The van der Waals surface area contributed by atoms with Crippen LogP contribution in [0.4, 0.5) is 0 Å². The van der Waals surface area contributed by atoms with E-state index in [1.54, 1.807) is 12.1 Å². The average molecular weight is 439 g/mol. The van der Waals surface area contributed by atoms with Crippen molar-refractivity contribution < 1.29 is 13.2 Å². The molecule has 1 amide bonds. The van der Waals surface area contributed by atoms with E-state index in [1.165, 1.54) is 19.2 Å². The Labute approximate surface area is 163 Å². The van der Waals surface area contributed by atoms with Crippen molar-refractivity contribution in [2.24, 2.45) is 0 Å². The molecule has 0 saturated carbocycles. The van der Waals surface area contributed by atoms with Crippen molar-refractivity contribution in [1.82, 2.24) is 9.62 Å². The molecule has 1 unspecified atom stereocenters. The summed E-state index contributed by atoms with van der Waals surface area (Å²) >= 11 is 3.28. The van der Waals surface area contributed by atoms with Crippen LogP contribution in [0.1, 0.15) is 24.8 Å². The van der Waals surface area contributed by atoms with E-state index >= 15 is 0 Å². The van der Waals surface area contributed by atoms with Crippen molar-refractivity contribution in [1.29, 1.82) is 0 Å². The Morgan fingerprint density at radius 3 is 2.31 bits per heavy atom. The summed E-state index contributed by atoms with van der Waals surface area (Å²) in [7, 11) is -2.29. The summed E-state index contributed by atoms with van der Waals surface area (Å²) in [6.07, 6.45) is 0.886. The third-order valence-electron chi connectivity index (χ3n) is 4.20. The first-order valence-electron chi connectivity index (χ1n) is 8.38. The standard InChI is InChI=1S/C19H23BrN2O3S/c1-3-15(16-7-5-4-6-8-16)13-21-19(23)14-22(2)26(24,25)18-11-9-17(20)10-12-18/h4-12,15H,3,13-14H2,1-2H3,(H,21,23). The highest BCUT2D eigenvalue weighted by Gasteiger charge is 2.23. The summed E-state index contributed by atoms with van der Waals surface area (Å²) in [5.41, 5.74) is 1.16. The number of likely N-dealkylation sites (N-methyl/N-ethyl adjacent to an activating group) is 1. The number of nitrogens with one attached hydrogen (secondary N) is 1. The minimum Gasteiger partial charge on any atom is -0.354 e. The van der Waals surface area contributed by atoms with Crippen LogP contribution in [0.15, 0.2) is 64.0 Å². The molecule has 0 aliphatic rings. The fourth-order valence-electron chi connectivity index (χ4n) is 2.59. The predicted molar refractivity (Wildman–Crippen MR) is 106 cm³/mol. The zero-order chi connectivity index (χ0) is 19.2. The van der Waals surface area contributed by atoms with Gasteiger partial charge in [0.25, 0.3) is 0 Å². The molecule has 1 N–H and O–H groups in total. The quantitative estimate of drug-likeness (QED) is 0.686. The molecular weight excluding hydrogens is 416 g/mol. The molecule has 140 valence electrons. The minimum absolute atomic E-state index is 0.159. The zero-order valence-corrected chi connectivity index (χ0v) is 17.3. The van der Waals surface area contributed by atoms with Crippen LogP contribution >= 0.6 is 15.9 Å². The van der Waals surface area contributed by atoms with Gasteiger partial charge in [-0.3, -0.25) is 4.79 Å². The van der Waals surface area contributed by atoms with Gasteiger partial charge < -0.3 is 5.32 Å². The molecule has 0 bridgehead atoms. The highest BCUT2D eigenvalue weighted by molar-refractivity contribution is 9.10. The number of hydrogen-bond acceptors (Lipinski definition) is 3. The first kappa shape index (κ1) is 20.6. The molecule has 2 rings (SSSR count). The van der Waals surface area contributed by atoms with Gasteiger partial charge >= 0.3 is 0 Å². The molecular formula is C19H23BrN2O3S. The minimum atomic E-state index is -3.70. The molecule has 0 saturated heterocycles. The average Bonchev–Trinajstić information content (AvgIpc) is 2.63. The van der Waals surface area contributed by atoms with Crippen LogP contribution in [-0.2, 0) is 14.8 Å². The van der Waals surface area contributed by atoms with Gasteiger partial charge in [0.2, 0.25) is 15.9 Å². The number of carbonyl (C=O) groups excluding carboxylic acids is 1. The van der Waals surface area contributed by atoms with E-state index in [-0.39, 0.29) is 23.3 Å². The normalized spacial score (nSPS) is 12.8. The second-order valence-electron chi connectivity index (χ2n) is 6.03. The fourth-order valence-corrected chi connectivity index (χ4v) is 3.98. The van der Waals surface area contributed by atoms with E-state index < -0.39 is 10.0 Å². The number of hydrogen-bond donors (Lipinski definition) is 1. The van der Waals surface area contributed by atoms with E-state index in [1.807, 2.05) is 30.3 Å². The molecule has 1 atom stereocenters. The molecule has 2 aromatic rings. The molecule has 5 nitrogen and oxygen atoms in total. The van der Waals surface area contributed by atoms with E-state index in [4.69, 9.17) is 0 Å². The molecule has 0 spiro atoms. The van der Waals surface area contributed by atoms with E-state index in [2.05, 4.69) is 28.2 Å². The summed E-state index contributed by atoms with van der Waals surface area (Å²) < 4.78 is 26.9. The molecule has 0 aromatic heterocycles. The van der Waals surface area contributed by atoms with Gasteiger partial charge in [0, 0.05) is 24.0 Å². The Morgan fingerprint density at radius 1 is 1.12 bits per heavy atom. The number of halogens is 1. The van der Waals surface area contributed by atoms with Crippen LogP contribution < -0.4 is 5.32 Å². The number of rotatable bonds is 8. The van der Waals surface area contributed by atoms with Crippen molar-refractivity contribution in [3.63, 3.8) is 0 Å². The monoisotopic (exact) mass is 438 g/mol. The molecule has 26 heavy (non-hydrogen) atoms. The van der Waals surface area contributed by atoms with Gasteiger partial charge in [-0.15, -0.1) is 0 Å². The molecule has 0 aliphatic carbocycles. The maximum Gasteiger partial charge on any atom is 0.243 e. The largest absolute Gasteiger partial charge is 0.354 e. The highest BCUT2D eigenvalue weighted by Crippen LogP contribution is 2.19. The zero-order valence-electron chi connectivity index (χ0n) is 14.9. The maximum absolute atomic E-state index is 12.5. The number of sulfonamides is 1. The Balaban J connectivity index is 1.95. The van der Waals surface area contributed by atoms with E-state index in [0.29, 0.717) is 6.54 Å². The molecule has 0 aliphatic heterocycles. The third kappa shape index (κ3) is 5.40. The van der Waals surface area contributed by atoms with Gasteiger partial charge in [-0.25, -0.2) is 8.42 Å². The van der Waals surface area contributed by atoms with Crippen molar-refractivity contribution in [2.75, 3.05) is 20.1 Å². The first-order valence-corrected chi connectivity index (χ1v) is 10.6. The Morgan fingerprint density at radius 2 is 1.73 bits per heavy atom. The van der Waals surface area contributed by atoms with Gasteiger partial charge in [0.05, 0.1) is 11.4 Å². The van der Waals surface area contributed by atoms with Gasteiger partial charge in [-0.05, 0) is 36.2 Å². The number of nitrogens with zero attached hydrogens (tertiary/aromatic N) is 1. The van der Waals surface area contributed by atoms with Gasteiger partial charge in [0.1, 0.15) is 0 Å². The topological polar surface area (TPSA) is 66.5 Å². The summed E-state index contributed by atoms with van der Waals surface area (Å²) in [6, 6.07) is 16.3.